The molecule has 0 aliphatic rings. The number of hydrogen-bond donors (Lipinski definition) is 1. The van der Waals surface area contributed by atoms with Gasteiger partial charge in [0.25, 0.3) is 0 Å². The van der Waals surface area contributed by atoms with Gasteiger partial charge in [-0.3, -0.25) is 4.72 Å². The van der Waals surface area contributed by atoms with Gasteiger partial charge in [0.15, 0.2) is 5.75 Å². The molecule has 83 valence electrons. The maximum absolute atomic E-state index is 11.8. The van der Waals surface area contributed by atoms with Gasteiger partial charge in [-0.15, -0.1) is 0 Å². The quantitative estimate of drug-likeness (QED) is 0.872. The van der Waals surface area contributed by atoms with Crippen LogP contribution in [0.3, 0.4) is 0 Å². The minimum atomic E-state index is -4.75. The van der Waals surface area contributed by atoms with E-state index in [1.165, 1.54) is 24.3 Å². The Morgan fingerprint density at radius 1 is 1.40 bits per heavy atom. The van der Waals surface area contributed by atoms with Crippen molar-refractivity contribution >= 4 is 15.7 Å². The lowest BCUT2D eigenvalue weighted by atomic mass is 10.3. The van der Waals surface area contributed by atoms with Gasteiger partial charge in [0, 0.05) is 5.69 Å². The molecule has 0 saturated heterocycles. The molecule has 0 bridgehead atoms. The fourth-order valence-corrected chi connectivity index (χ4v) is 1.88. The Bertz CT molecular complexity index is 413. The molecule has 0 saturated carbocycles. The first kappa shape index (κ1) is 11.8. The number of rotatable bonds is 3. The lowest BCUT2D eigenvalue weighted by Crippen LogP contribution is -2.27. The van der Waals surface area contributed by atoms with Crippen LogP contribution >= 0.6 is 0 Å². The summed E-state index contributed by atoms with van der Waals surface area (Å²) in [6.07, 6.45) is -4.75. The van der Waals surface area contributed by atoms with E-state index in [9.17, 15) is 21.6 Å². The van der Waals surface area contributed by atoms with E-state index in [4.69, 9.17) is 0 Å². The third-order valence-corrected chi connectivity index (χ3v) is 2.59. The minimum absolute atomic E-state index is 0.0572. The highest BCUT2D eigenvalue weighted by atomic mass is 32.2. The van der Waals surface area contributed by atoms with Crippen LogP contribution < -0.4 is 4.72 Å². The van der Waals surface area contributed by atoms with E-state index in [1.807, 2.05) is 0 Å². The number of halogens is 3. The highest BCUT2D eigenvalue weighted by Crippen LogP contribution is 2.18. The van der Waals surface area contributed by atoms with Gasteiger partial charge in [-0.05, 0) is 18.2 Å². The van der Waals surface area contributed by atoms with Crippen LogP contribution in [-0.4, -0.2) is 20.3 Å². The van der Waals surface area contributed by atoms with Crippen LogP contribution in [0.1, 0.15) is 0 Å². The van der Waals surface area contributed by atoms with Crippen LogP contribution in [0, 0.1) is 6.07 Å². The molecule has 0 heterocycles. The van der Waals surface area contributed by atoms with E-state index in [0.717, 1.165) is 0 Å². The molecule has 0 unspecified atom stereocenters. The largest absolute Gasteiger partial charge is 0.404 e. The molecule has 1 radical (unpaired) electrons. The summed E-state index contributed by atoms with van der Waals surface area (Å²) in [5.41, 5.74) is 0.0572. The minimum Gasteiger partial charge on any atom is -0.283 e. The van der Waals surface area contributed by atoms with Crippen molar-refractivity contribution in [1.29, 1.82) is 0 Å². The van der Waals surface area contributed by atoms with Crippen molar-refractivity contribution < 1.29 is 21.6 Å². The molecule has 0 atom stereocenters. The van der Waals surface area contributed by atoms with Crippen LogP contribution in [0.25, 0.3) is 0 Å². The van der Waals surface area contributed by atoms with Crippen molar-refractivity contribution in [2.45, 2.75) is 6.18 Å². The van der Waals surface area contributed by atoms with E-state index >= 15 is 0 Å². The van der Waals surface area contributed by atoms with E-state index in [2.05, 4.69) is 6.07 Å². The monoisotopic (exact) mass is 238 g/mol. The van der Waals surface area contributed by atoms with Crippen LogP contribution in [-0.2, 0) is 10.0 Å². The van der Waals surface area contributed by atoms with Crippen LogP contribution in [0.5, 0.6) is 0 Å². The SMILES string of the molecule is O=S(=O)(CC(F)(F)F)Nc1c[c]ccc1. The predicted molar refractivity (Wildman–Crippen MR) is 48.7 cm³/mol. The summed E-state index contributed by atoms with van der Waals surface area (Å²) in [5, 5.41) is 0. The zero-order valence-electron chi connectivity index (χ0n) is 7.38. The number of sulfonamides is 1. The van der Waals surface area contributed by atoms with Gasteiger partial charge in [0.1, 0.15) is 0 Å². The van der Waals surface area contributed by atoms with Crippen molar-refractivity contribution in [3.8, 4) is 0 Å². The molecule has 0 aliphatic carbocycles. The summed E-state index contributed by atoms with van der Waals surface area (Å²) in [6.45, 7) is 0. The fourth-order valence-electron chi connectivity index (χ4n) is 0.888. The van der Waals surface area contributed by atoms with Crippen molar-refractivity contribution in [2.75, 3.05) is 10.5 Å². The van der Waals surface area contributed by atoms with Crippen molar-refractivity contribution in [2.24, 2.45) is 0 Å². The van der Waals surface area contributed by atoms with Crippen LogP contribution in [0.4, 0.5) is 18.9 Å². The zero-order valence-corrected chi connectivity index (χ0v) is 8.19. The number of alkyl halides is 3. The van der Waals surface area contributed by atoms with Crippen LogP contribution in [0.15, 0.2) is 24.3 Å². The highest BCUT2D eigenvalue weighted by molar-refractivity contribution is 7.92. The van der Waals surface area contributed by atoms with Gasteiger partial charge in [0.05, 0.1) is 0 Å². The summed E-state index contributed by atoms with van der Waals surface area (Å²) in [4.78, 5) is 0. The topological polar surface area (TPSA) is 46.2 Å². The van der Waals surface area contributed by atoms with Gasteiger partial charge in [-0.1, -0.05) is 12.1 Å². The second-order valence-electron chi connectivity index (χ2n) is 2.77. The van der Waals surface area contributed by atoms with Gasteiger partial charge < -0.3 is 0 Å². The Labute approximate surface area is 85.0 Å². The average molecular weight is 238 g/mol. The molecular formula is C8H7F3NO2S. The van der Waals surface area contributed by atoms with E-state index < -0.39 is 22.0 Å². The standard InChI is InChI=1S/C8H7F3NO2S/c9-8(10,11)6-15(13,14)12-7-4-2-1-3-5-7/h1-2,4-5,12H,6H2. The van der Waals surface area contributed by atoms with Gasteiger partial charge in [-0.2, -0.15) is 13.2 Å². The molecule has 3 nitrogen and oxygen atoms in total. The van der Waals surface area contributed by atoms with Gasteiger partial charge >= 0.3 is 6.18 Å². The summed E-state index contributed by atoms with van der Waals surface area (Å²) in [5.74, 6) is -1.89. The summed E-state index contributed by atoms with van der Waals surface area (Å²) in [7, 11) is -4.39. The second kappa shape index (κ2) is 4.09. The number of benzene rings is 1. The summed E-state index contributed by atoms with van der Waals surface area (Å²) in [6, 6.07) is 8.09. The average Bonchev–Trinajstić information content (AvgIpc) is 1.99. The van der Waals surface area contributed by atoms with Crippen molar-refractivity contribution in [3.63, 3.8) is 0 Å². The molecule has 0 fully saturated rings. The lowest BCUT2D eigenvalue weighted by molar-refractivity contribution is -0.106. The number of hydrogen-bond acceptors (Lipinski definition) is 2. The fraction of sp³-hybridized carbons (Fsp3) is 0.250. The highest BCUT2D eigenvalue weighted by Gasteiger charge is 2.35. The second-order valence-corrected chi connectivity index (χ2v) is 4.49. The van der Waals surface area contributed by atoms with E-state index in [1.54, 1.807) is 4.72 Å². The van der Waals surface area contributed by atoms with E-state index in [0.29, 0.717) is 0 Å². The Hall–Kier alpha value is -1.24. The predicted octanol–water partition coefficient (Wildman–Crippen LogP) is 1.79. The molecule has 15 heavy (non-hydrogen) atoms. The molecule has 1 rings (SSSR count). The normalized spacial score (nSPS) is 12.5. The Balaban J connectivity index is 2.74. The van der Waals surface area contributed by atoms with Crippen molar-refractivity contribution in [1.82, 2.24) is 0 Å². The molecule has 7 heteroatoms. The van der Waals surface area contributed by atoms with Gasteiger partial charge in [-0.25, -0.2) is 8.42 Å². The molecule has 0 spiro atoms. The number of anilines is 1. The molecule has 0 aromatic heterocycles. The van der Waals surface area contributed by atoms with Gasteiger partial charge in [0.2, 0.25) is 10.0 Å². The third kappa shape index (κ3) is 4.68. The molecule has 0 amide bonds. The summed E-state index contributed by atoms with van der Waals surface area (Å²) >= 11 is 0. The lowest BCUT2D eigenvalue weighted by Gasteiger charge is -2.09. The maximum atomic E-state index is 11.8. The zero-order chi connectivity index (χ0) is 11.5. The Morgan fingerprint density at radius 3 is 2.53 bits per heavy atom. The van der Waals surface area contributed by atoms with Crippen LogP contribution in [0.2, 0.25) is 0 Å². The van der Waals surface area contributed by atoms with Crippen molar-refractivity contribution in [3.05, 3.63) is 30.3 Å². The number of nitrogens with one attached hydrogen (secondary N) is 1. The first-order valence-corrected chi connectivity index (χ1v) is 5.47. The summed E-state index contributed by atoms with van der Waals surface area (Å²) < 4.78 is 59.2. The molecule has 0 aliphatic heterocycles. The first-order valence-electron chi connectivity index (χ1n) is 3.82. The molecule has 1 aromatic rings. The van der Waals surface area contributed by atoms with E-state index in [-0.39, 0.29) is 5.69 Å². The Morgan fingerprint density at radius 2 is 2.07 bits per heavy atom. The Kier molecular flexibility index (Phi) is 3.23. The third-order valence-electron chi connectivity index (χ3n) is 1.33. The smallest absolute Gasteiger partial charge is 0.283 e. The molecule has 1 N–H and O–H groups in total. The first-order chi connectivity index (χ1) is 6.79. The molecular weight excluding hydrogens is 231 g/mol. The molecule has 1 aromatic carbocycles. The maximum Gasteiger partial charge on any atom is 0.404 e.